The molecule has 0 aliphatic carbocycles. The molecule has 0 spiro atoms. The van der Waals surface area contributed by atoms with Crippen molar-refractivity contribution < 1.29 is 39.6 Å². The van der Waals surface area contributed by atoms with E-state index in [4.69, 9.17) is 44.6 Å². The van der Waals surface area contributed by atoms with Crippen LogP contribution in [0.5, 0.6) is 0 Å². The lowest BCUT2D eigenvalue weighted by atomic mass is 10.2. The second kappa shape index (κ2) is 15.0. The van der Waals surface area contributed by atoms with Crippen molar-refractivity contribution in [1.82, 2.24) is 24.2 Å². The molecule has 1 aliphatic rings. The van der Waals surface area contributed by atoms with E-state index in [1.54, 1.807) is 0 Å². The molecule has 1 aromatic carbocycles. The topological polar surface area (TPSA) is 186 Å². The number of piperazine rings is 1. The van der Waals surface area contributed by atoms with Crippen LogP contribution in [0.1, 0.15) is 22.6 Å². The lowest BCUT2D eigenvalue weighted by Gasteiger charge is -2.33. The van der Waals surface area contributed by atoms with Gasteiger partial charge in [0.05, 0.1) is 5.69 Å². The van der Waals surface area contributed by atoms with Crippen molar-refractivity contribution in [2.75, 3.05) is 32.7 Å². The smallest absolute Gasteiger partial charge is 0.414 e. The molecule has 3 heterocycles. The third kappa shape index (κ3) is 10.7. The average molecular weight is 542 g/mol. The summed E-state index contributed by atoms with van der Waals surface area (Å²) in [6.45, 7) is 10.4. The number of benzene rings is 1. The van der Waals surface area contributed by atoms with Crippen molar-refractivity contribution in [3.05, 3.63) is 71.3 Å². The minimum atomic E-state index is -1.82. The normalized spacial score (nSPS) is 13.7. The summed E-state index contributed by atoms with van der Waals surface area (Å²) in [4.78, 5) is 50.6. The minimum Gasteiger partial charge on any atom is -0.473 e. The molecule has 13 nitrogen and oxygen atoms in total. The molecule has 0 saturated carbocycles. The summed E-state index contributed by atoms with van der Waals surface area (Å²) in [7, 11) is 0. The van der Waals surface area contributed by atoms with Crippen molar-refractivity contribution >= 4 is 35.7 Å². The molecule has 0 atom stereocenters. The molecular formula is C26H31N5O8. The van der Waals surface area contributed by atoms with Gasteiger partial charge in [-0.3, -0.25) is 14.2 Å². The van der Waals surface area contributed by atoms with Crippen molar-refractivity contribution in [3.63, 3.8) is 0 Å². The Balaban J connectivity index is 0.000000374. The Morgan fingerprint density at radius 2 is 1.36 bits per heavy atom. The molecule has 208 valence electrons. The molecule has 3 aromatic rings. The lowest BCUT2D eigenvalue weighted by Crippen LogP contribution is -2.45. The van der Waals surface area contributed by atoms with Gasteiger partial charge in [-0.05, 0) is 25.5 Å². The van der Waals surface area contributed by atoms with Crippen LogP contribution in [0, 0.1) is 13.8 Å². The van der Waals surface area contributed by atoms with Gasteiger partial charge in [0.25, 0.3) is 0 Å². The van der Waals surface area contributed by atoms with Gasteiger partial charge in [0.15, 0.2) is 0 Å². The SMILES string of the molecule is Cc1cc(C)n2cc(CN3CCN(CC=Cc4ccccc4)CC3)nc2n1.O=C(O)C(=O)O.O=C(O)C(=O)O. The fourth-order valence-corrected chi connectivity index (χ4v) is 3.66. The van der Waals surface area contributed by atoms with Crippen LogP contribution in [0.2, 0.25) is 0 Å². The summed E-state index contributed by atoms with van der Waals surface area (Å²) < 4.78 is 2.09. The largest absolute Gasteiger partial charge is 0.473 e. The molecule has 1 saturated heterocycles. The molecule has 39 heavy (non-hydrogen) atoms. The van der Waals surface area contributed by atoms with E-state index in [9.17, 15) is 0 Å². The van der Waals surface area contributed by atoms with Gasteiger partial charge in [0.2, 0.25) is 5.78 Å². The number of carbonyl (C=O) groups is 4. The number of fused-ring (bicyclic) bond motifs is 1. The molecule has 1 fully saturated rings. The number of hydrogen-bond donors (Lipinski definition) is 4. The zero-order valence-corrected chi connectivity index (χ0v) is 21.6. The average Bonchev–Trinajstić information content (AvgIpc) is 3.29. The Kier molecular flexibility index (Phi) is 11.7. The van der Waals surface area contributed by atoms with E-state index < -0.39 is 23.9 Å². The van der Waals surface area contributed by atoms with Crippen LogP contribution in [-0.4, -0.2) is 101 Å². The molecule has 1 aliphatic heterocycles. The molecule has 0 unspecified atom stereocenters. The summed E-state index contributed by atoms with van der Waals surface area (Å²) in [5.74, 6) is -6.48. The van der Waals surface area contributed by atoms with Crippen LogP contribution in [0.4, 0.5) is 0 Å². The van der Waals surface area contributed by atoms with E-state index in [2.05, 4.69) is 80.9 Å². The summed E-state index contributed by atoms with van der Waals surface area (Å²) in [6, 6.07) is 12.6. The summed E-state index contributed by atoms with van der Waals surface area (Å²) in [6.07, 6.45) is 6.61. The first kappa shape index (κ1) is 30.6. The number of aromatic nitrogens is 3. The van der Waals surface area contributed by atoms with Gasteiger partial charge in [-0.1, -0.05) is 42.5 Å². The number of carboxylic acids is 4. The van der Waals surface area contributed by atoms with Crippen LogP contribution in [0.3, 0.4) is 0 Å². The van der Waals surface area contributed by atoms with Crippen molar-refractivity contribution in [1.29, 1.82) is 0 Å². The number of imidazole rings is 1. The molecular weight excluding hydrogens is 510 g/mol. The third-order valence-electron chi connectivity index (χ3n) is 5.50. The Bertz CT molecular complexity index is 1270. The first-order valence-corrected chi connectivity index (χ1v) is 11.9. The highest BCUT2D eigenvalue weighted by Crippen LogP contribution is 2.12. The number of rotatable bonds is 5. The van der Waals surface area contributed by atoms with Gasteiger partial charge in [-0.15, -0.1) is 0 Å². The second-order valence-electron chi connectivity index (χ2n) is 8.55. The summed E-state index contributed by atoms with van der Waals surface area (Å²) in [5.41, 5.74) is 4.58. The van der Waals surface area contributed by atoms with E-state index >= 15 is 0 Å². The van der Waals surface area contributed by atoms with Crippen LogP contribution in [-0.2, 0) is 25.7 Å². The van der Waals surface area contributed by atoms with Crippen LogP contribution in [0.15, 0.2) is 48.7 Å². The summed E-state index contributed by atoms with van der Waals surface area (Å²) >= 11 is 0. The molecule has 0 radical (unpaired) electrons. The van der Waals surface area contributed by atoms with E-state index in [1.807, 2.05) is 6.92 Å². The number of carboxylic acid groups (broad SMARTS) is 4. The van der Waals surface area contributed by atoms with Gasteiger partial charge in [-0.25, -0.2) is 29.1 Å². The molecule has 13 heteroatoms. The molecule has 2 aromatic heterocycles. The monoisotopic (exact) mass is 541 g/mol. The predicted octanol–water partition coefficient (Wildman–Crippen LogP) is 1.49. The number of hydrogen-bond acceptors (Lipinski definition) is 8. The highest BCUT2D eigenvalue weighted by Gasteiger charge is 2.17. The highest BCUT2D eigenvalue weighted by atomic mass is 16.4. The van der Waals surface area contributed by atoms with Gasteiger partial charge in [0, 0.05) is 56.9 Å². The van der Waals surface area contributed by atoms with Gasteiger partial charge in [-0.2, -0.15) is 0 Å². The maximum absolute atomic E-state index is 9.10. The first-order chi connectivity index (χ1) is 18.5. The first-order valence-electron chi connectivity index (χ1n) is 11.9. The van der Waals surface area contributed by atoms with E-state index in [1.165, 1.54) is 11.3 Å². The van der Waals surface area contributed by atoms with Gasteiger partial charge >= 0.3 is 23.9 Å². The maximum Gasteiger partial charge on any atom is 0.414 e. The standard InChI is InChI=1S/C22H27N5.2C2H2O4/c1-18-15-19(2)27-17-21(24-22(27)23-18)16-26-13-11-25(12-14-26)10-6-9-20-7-4-3-5-8-20;2*3-1(4)2(5)6/h3-9,15,17H,10-14,16H2,1-2H3;2*(H,3,4)(H,5,6). The van der Waals surface area contributed by atoms with Crippen molar-refractivity contribution in [2.24, 2.45) is 0 Å². The Labute approximate surface area is 224 Å². The fraction of sp³-hybridized carbons (Fsp3) is 0.308. The van der Waals surface area contributed by atoms with Crippen LogP contribution < -0.4 is 0 Å². The van der Waals surface area contributed by atoms with Crippen LogP contribution >= 0.6 is 0 Å². The van der Waals surface area contributed by atoms with E-state index in [0.717, 1.165) is 56.4 Å². The second-order valence-corrected chi connectivity index (χ2v) is 8.55. The number of nitrogens with zero attached hydrogens (tertiary/aromatic N) is 5. The highest BCUT2D eigenvalue weighted by molar-refractivity contribution is 6.27. The molecule has 0 amide bonds. The molecule has 0 bridgehead atoms. The number of aliphatic carboxylic acids is 4. The number of aryl methyl sites for hydroxylation is 2. The quantitative estimate of drug-likeness (QED) is 0.342. The van der Waals surface area contributed by atoms with E-state index in [0.29, 0.717) is 0 Å². The third-order valence-corrected chi connectivity index (χ3v) is 5.50. The van der Waals surface area contributed by atoms with Crippen molar-refractivity contribution in [3.8, 4) is 0 Å². The van der Waals surface area contributed by atoms with E-state index in [-0.39, 0.29) is 0 Å². The van der Waals surface area contributed by atoms with Crippen molar-refractivity contribution in [2.45, 2.75) is 20.4 Å². The minimum absolute atomic E-state index is 0.812. The van der Waals surface area contributed by atoms with Gasteiger partial charge in [0.1, 0.15) is 0 Å². The zero-order chi connectivity index (χ0) is 28.9. The Morgan fingerprint density at radius 3 is 1.90 bits per heavy atom. The molecule has 4 N–H and O–H groups in total. The Morgan fingerprint density at radius 1 is 0.821 bits per heavy atom. The molecule has 4 rings (SSSR count). The fourth-order valence-electron chi connectivity index (χ4n) is 3.66. The Hall–Kier alpha value is -4.62. The zero-order valence-electron chi connectivity index (χ0n) is 21.6. The maximum atomic E-state index is 9.10. The predicted molar refractivity (Wildman–Crippen MR) is 140 cm³/mol. The van der Waals surface area contributed by atoms with Crippen LogP contribution in [0.25, 0.3) is 11.9 Å². The summed E-state index contributed by atoms with van der Waals surface area (Å²) in [5, 5.41) is 29.6. The van der Waals surface area contributed by atoms with Gasteiger partial charge < -0.3 is 20.4 Å². The lowest BCUT2D eigenvalue weighted by molar-refractivity contribution is -0.159.